The van der Waals surface area contributed by atoms with Crippen LogP contribution in [0.3, 0.4) is 0 Å². The first kappa shape index (κ1) is 12.3. The summed E-state index contributed by atoms with van der Waals surface area (Å²) in [7, 11) is 0. The normalized spacial score (nSPS) is 12.8. The van der Waals surface area contributed by atoms with Crippen molar-refractivity contribution in [3.8, 4) is 0 Å². The van der Waals surface area contributed by atoms with Crippen LogP contribution < -0.4 is 5.32 Å². The van der Waals surface area contributed by atoms with Crippen molar-refractivity contribution in [2.24, 2.45) is 5.41 Å². The molecule has 0 saturated carbocycles. The van der Waals surface area contributed by atoms with Crippen LogP contribution in [-0.4, -0.2) is 12.7 Å². The predicted molar refractivity (Wildman–Crippen MR) is 47.3 cm³/mol. The highest BCUT2D eigenvalue weighted by molar-refractivity contribution is 4.99. The molecule has 0 spiro atoms. The minimum Gasteiger partial charge on any atom is -0.382 e. The maximum absolute atomic E-state index is 11.9. The predicted octanol–water partition coefficient (Wildman–Crippen LogP) is 3.09. The number of halogens is 3. The van der Waals surface area contributed by atoms with E-state index < -0.39 is 11.9 Å². The third kappa shape index (κ3) is 6.49. The van der Waals surface area contributed by atoms with Crippen LogP contribution in [0.15, 0.2) is 12.3 Å². The molecule has 0 bridgehead atoms. The lowest BCUT2D eigenvalue weighted by Crippen LogP contribution is -2.28. The zero-order valence-electron chi connectivity index (χ0n) is 8.26. The van der Waals surface area contributed by atoms with Gasteiger partial charge in [0.1, 0.15) is 5.70 Å². The van der Waals surface area contributed by atoms with Crippen molar-refractivity contribution in [1.29, 1.82) is 0 Å². The highest BCUT2D eigenvalue weighted by Gasteiger charge is 2.31. The molecule has 0 unspecified atom stereocenters. The Kier molecular flexibility index (Phi) is 3.82. The molecule has 78 valence electrons. The van der Waals surface area contributed by atoms with Gasteiger partial charge in [0.25, 0.3) is 0 Å². The molecule has 0 aliphatic carbocycles. The summed E-state index contributed by atoms with van der Waals surface area (Å²) in [5.74, 6) is 0. The van der Waals surface area contributed by atoms with Gasteiger partial charge >= 0.3 is 6.18 Å². The summed E-state index contributed by atoms with van der Waals surface area (Å²) >= 11 is 0. The van der Waals surface area contributed by atoms with Crippen molar-refractivity contribution < 1.29 is 13.2 Å². The topological polar surface area (TPSA) is 12.0 Å². The third-order valence-corrected chi connectivity index (χ3v) is 1.56. The van der Waals surface area contributed by atoms with E-state index in [-0.39, 0.29) is 5.41 Å². The lowest BCUT2D eigenvalue weighted by Gasteiger charge is -2.19. The lowest BCUT2D eigenvalue weighted by molar-refractivity contribution is -0.0964. The van der Waals surface area contributed by atoms with Gasteiger partial charge in [0, 0.05) is 6.54 Å². The Morgan fingerprint density at radius 2 is 1.69 bits per heavy atom. The van der Waals surface area contributed by atoms with E-state index in [0.29, 0.717) is 13.0 Å². The molecule has 0 fully saturated rings. The second kappa shape index (κ2) is 4.03. The number of alkyl halides is 3. The van der Waals surface area contributed by atoms with Gasteiger partial charge < -0.3 is 5.32 Å². The summed E-state index contributed by atoms with van der Waals surface area (Å²) in [6.45, 7) is 9.15. The smallest absolute Gasteiger partial charge is 0.382 e. The number of rotatable bonds is 3. The molecule has 0 aromatic rings. The van der Waals surface area contributed by atoms with Crippen LogP contribution in [0.25, 0.3) is 0 Å². The summed E-state index contributed by atoms with van der Waals surface area (Å²) < 4.78 is 35.7. The Morgan fingerprint density at radius 1 is 1.23 bits per heavy atom. The minimum absolute atomic E-state index is 0.0406. The maximum atomic E-state index is 11.9. The van der Waals surface area contributed by atoms with Crippen LogP contribution in [0.2, 0.25) is 0 Å². The van der Waals surface area contributed by atoms with E-state index in [1.165, 1.54) is 0 Å². The quantitative estimate of drug-likeness (QED) is 0.729. The number of allylic oxidation sites excluding steroid dienone is 1. The number of hydrogen-bond acceptors (Lipinski definition) is 1. The van der Waals surface area contributed by atoms with E-state index in [2.05, 4.69) is 11.9 Å². The van der Waals surface area contributed by atoms with Gasteiger partial charge in [-0.1, -0.05) is 27.4 Å². The van der Waals surface area contributed by atoms with Gasteiger partial charge in [-0.25, -0.2) is 0 Å². The minimum atomic E-state index is -4.32. The molecule has 0 heterocycles. The molecule has 0 radical (unpaired) electrons. The van der Waals surface area contributed by atoms with Gasteiger partial charge in [-0.15, -0.1) is 0 Å². The van der Waals surface area contributed by atoms with Gasteiger partial charge in [-0.3, -0.25) is 0 Å². The standard InChI is InChI=1S/C9H16F3N/c1-7(9(10,11)12)13-6-5-8(2,3)4/h13H,1,5-6H2,2-4H3. The monoisotopic (exact) mass is 195 g/mol. The molecular formula is C9H16F3N. The van der Waals surface area contributed by atoms with Crippen LogP contribution in [0.4, 0.5) is 13.2 Å². The fourth-order valence-electron chi connectivity index (χ4n) is 0.689. The Hall–Kier alpha value is -0.670. The van der Waals surface area contributed by atoms with Crippen LogP contribution in [0.5, 0.6) is 0 Å². The molecule has 0 aliphatic rings. The van der Waals surface area contributed by atoms with Gasteiger partial charge in [-0.2, -0.15) is 13.2 Å². The molecule has 0 amide bonds. The molecule has 4 heteroatoms. The first-order chi connectivity index (χ1) is 5.63. The van der Waals surface area contributed by atoms with Gasteiger partial charge in [0.2, 0.25) is 0 Å². The van der Waals surface area contributed by atoms with Gasteiger partial charge in [0.15, 0.2) is 0 Å². The van der Waals surface area contributed by atoms with Crippen molar-refractivity contribution in [2.75, 3.05) is 6.54 Å². The molecule has 0 saturated heterocycles. The fraction of sp³-hybridized carbons (Fsp3) is 0.778. The summed E-state index contributed by atoms with van der Waals surface area (Å²) in [4.78, 5) is 0. The van der Waals surface area contributed by atoms with Gasteiger partial charge in [0.05, 0.1) is 0 Å². The average Bonchev–Trinajstić information content (AvgIpc) is 1.82. The molecule has 13 heavy (non-hydrogen) atoms. The van der Waals surface area contributed by atoms with E-state index in [9.17, 15) is 13.2 Å². The summed E-state index contributed by atoms with van der Waals surface area (Å²) in [5, 5.41) is 2.26. The van der Waals surface area contributed by atoms with Crippen molar-refractivity contribution >= 4 is 0 Å². The van der Waals surface area contributed by atoms with Crippen molar-refractivity contribution in [3.05, 3.63) is 12.3 Å². The molecular weight excluding hydrogens is 179 g/mol. The maximum Gasteiger partial charge on any atom is 0.430 e. The Labute approximate surface area is 77.0 Å². The molecule has 0 aliphatic heterocycles. The second-order valence-corrected chi connectivity index (χ2v) is 4.21. The molecule has 0 aromatic heterocycles. The van der Waals surface area contributed by atoms with Crippen LogP contribution in [-0.2, 0) is 0 Å². The summed E-state index contributed by atoms with van der Waals surface area (Å²) in [5.41, 5.74) is -0.824. The molecule has 0 rings (SSSR count). The molecule has 0 atom stereocenters. The molecule has 0 aromatic carbocycles. The fourth-order valence-corrected chi connectivity index (χ4v) is 0.689. The summed E-state index contributed by atoms with van der Waals surface area (Å²) in [6, 6.07) is 0. The number of hydrogen-bond donors (Lipinski definition) is 1. The highest BCUT2D eigenvalue weighted by atomic mass is 19.4. The van der Waals surface area contributed by atoms with E-state index in [0.717, 1.165) is 0 Å². The second-order valence-electron chi connectivity index (χ2n) is 4.21. The van der Waals surface area contributed by atoms with E-state index in [1.807, 2.05) is 20.8 Å². The third-order valence-electron chi connectivity index (χ3n) is 1.56. The summed E-state index contributed by atoms with van der Waals surface area (Å²) in [6.07, 6.45) is -3.64. The molecule has 1 nitrogen and oxygen atoms in total. The zero-order chi connectivity index (χ0) is 10.7. The average molecular weight is 195 g/mol. The van der Waals surface area contributed by atoms with Crippen molar-refractivity contribution in [3.63, 3.8) is 0 Å². The first-order valence-electron chi connectivity index (χ1n) is 4.13. The van der Waals surface area contributed by atoms with Crippen LogP contribution >= 0.6 is 0 Å². The Morgan fingerprint density at radius 3 is 2.00 bits per heavy atom. The van der Waals surface area contributed by atoms with Crippen molar-refractivity contribution in [2.45, 2.75) is 33.4 Å². The van der Waals surface area contributed by atoms with Crippen LogP contribution in [0, 0.1) is 5.41 Å². The Bertz CT molecular complexity index is 176. The van der Waals surface area contributed by atoms with E-state index >= 15 is 0 Å². The number of nitrogens with one attached hydrogen (secondary N) is 1. The van der Waals surface area contributed by atoms with Crippen molar-refractivity contribution in [1.82, 2.24) is 5.32 Å². The van der Waals surface area contributed by atoms with Gasteiger partial charge in [-0.05, 0) is 11.8 Å². The Balaban J connectivity index is 3.74. The van der Waals surface area contributed by atoms with Crippen LogP contribution in [0.1, 0.15) is 27.2 Å². The van der Waals surface area contributed by atoms with E-state index in [1.54, 1.807) is 0 Å². The SMILES string of the molecule is C=C(NCCC(C)(C)C)C(F)(F)F. The molecule has 1 N–H and O–H groups in total. The lowest BCUT2D eigenvalue weighted by atomic mass is 9.92. The largest absolute Gasteiger partial charge is 0.430 e. The van der Waals surface area contributed by atoms with E-state index in [4.69, 9.17) is 0 Å². The highest BCUT2D eigenvalue weighted by Crippen LogP contribution is 2.22. The first-order valence-corrected chi connectivity index (χ1v) is 4.13. The zero-order valence-corrected chi connectivity index (χ0v) is 8.26.